The Kier molecular flexibility index (Phi) is 13.5. The number of carboxylic acids is 1. The number of hydrogen-bond donors (Lipinski definition) is 2. The van der Waals surface area contributed by atoms with Crippen molar-refractivity contribution in [3.05, 3.63) is 90.3 Å². The van der Waals surface area contributed by atoms with E-state index in [4.69, 9.17) is 20.5 Å². The van der Waals surface area contributed by atoms with Crippen molar-refractivity contribution >= 4 is 23.3 Å². The summed E-state index contributed by atoms with van der Waals surface area (Å²) in [6.07, 6.45) is 6.08. The number of carboxylic acid groups (broad SMARTS) is 1. The molecule has 2 aromatic rings. The van der Waals surface area contributed by atoms with Crippen molar-refractivity contribution in [3.63, 3.8) is 0 Å². The van der Waals surface area contributed by atoms with E-state index in [0.717, 1.165) is 62.5 Å². The Morgan fingerprint density at radius 1 is 0.814 bits per heavy atom. The number of carbonyl (C=O) groups is 2. The smallest absolute Gasteiger partial charge is 0.338 e. The highest BCUT2D eigenvalue weighted by Gasteiger charge is 2.29. The largest absolute Gasteiger partial charge is 0.478 e. The van der Waals surface area contributed by atoms with E-state index in [9.17, 15) is 29.8 Å². The molecule has 14 nitrogen and oxygen atoms in total. The topological polar surface area (TPSA) is 219 Å². The van der Waals surface area contributed by atoms with Crippen molar-refractivity contribution in [1.29, 1.82) is 0 Å². The number of rotatable bonds is 6. The molecule has 0 amide bonds. The quantitative estimate of drug-likeness (QED) is 0.0897. The summed E-state index contributed by atoms with van der Waals surface area (Å²) in [4.78, 5) is 44.2. The van der Waals surface area contributed by atoms with E-state index >= 15 is 0 Å². The second-order valence-electron chi connectivity index (χ2n) is 11.2. The number of aliphatic hydroxyl groups excluding tert-OH is 1. The number of azide groups is 1. The molecule has 0 saturated heterocycles. The molecule has 43 heavy (non-hydrogen) atoms. The Morgan fingerprint density at radius 2 is 1.23 bits per heavy atom. The molecule has 0 spiro atoms. The SMILES string of the molecule is CC1CC(N=[N+]=[N-])C1.CC1CC(O)C1.CC1CC(OC(=O)c2ccc([N+](=O)[O-])cc2)C1.O=C(O)c1ccc([N+](=O)[O-])cc1. The summed E-state index contributed by atoms with van der Waals surface area (Å²) in [5.41, 5.74) is 8.21. The van der Waals surface area contributed by atoms with Crippen LogP contribution in [-0.2, 0) is 4.74 Å². The molecule has 0 unspecified atom stereocenters. The fourth-order valence-electron chi connectivity index (χ4n) is 4.48. The lowest BCUT2D eigenvalue weighted by molar-refractivity contribution is -0.385. The molecule has 3 fully saturated rings. The second-order valence-corrected chi connectivity index (χ2v) is 11.2. The van der Waals surface area contributed by atoms with Gasteiger partial charge in [0.15, 0.2) is 0 Å². The number of benzene rings is 2. The van der Waals surface area contributed by atoms with Gasteiger partial charge in [-0.05, 0) is 86.1 Å². The highest BCUT2D eigenvalue weighted by Crippen LogP contribution is 2.30. The van der Waals surface area contributed by atoms with Gasteiger partial charge in [0.1, 0.15) is 6.10 Å². The zero-order valence-electron chi connectivity index (χ0n) is 24.3. The average molecular weight is 600 g/mol. The summed E-state index contributed by atoms with van der Waals surface area (Å²) in [6.45, 7) is 6.44. The van der Waals surface area contributed by atoms with Crippen molar-refractivity contribution in [1.82, 2.24) is 0 Å². The predicted octanol–water partition coefficient (Wildman–Crippen LogP) is 6.72. The van der Waals surface area contributed by atoms with Crippen LogP contribution in [0.15, 0.2) is 53.6 Å². The highest BCUT2D eigenvalue weighted by atomic mass is 16.6. The third-order valence-corrected chi connectivity index (χ3v) is 7.16. The van der Waals surface area contributed by atoms with E-state index in [0.29, 0.717) is 17.5 Å². The van der Waals surface area contributed by atoms with Crippen molar-refractivity contribution in [2.45, 2.75) is 77.5 Å². The minimum Gasteiger partial charge on any atom is -0.478 e. The molecule has 5 rings (SSSR count). The molecule has 3 saturated carbocycles. The van der Waals surface area contributed by atoms with Gasteiger partial charge in [0.2, 0.25) is 0 Å². The van der Waals surface area contributed by atoms with Crippen molar-refractivity contribution < 1.29 is 34.4 Å². The number of hydrogen-bond acceptors (Lipinski definition) is 9. The molecule has 0 heterocycles. The molecule has 0 aromatic heterocycles. The third kappa shape index (κ3) is 12.1. The van der Waals surface area contributed by atoms with Gasteiger partial charge in [0, 0.05) is 35.2 Å². The van der Waals surface area contributed by atoms with Crippen LogP contribution >= 0.6 is 0 Å². The first-order valence-electron chi connectivity index (χ1n) is 13.9. The first-order valence-corrected chi connectivity index (χ1v) is 13.9. The van der Waals surface area contributed by atoms with Crippen LogP contribution in [0.25, 0.3) is 10.4 Å². The van der Waals surface area contributed by atoms with E-state index in [-0.39, 0.29) is 29.1 Å². The summed E-state index contributed by atoms with van der Waals surface area (Å²) < 4.78 is 5.23. The first kappa shape index (κ1) is 34.7. The maximum atomic E-state index is 11.6. The van der Waals surface area contributed by atoms with Crippen LogP contribution in [0.2, 0.25) is 0 Å². The van der Waals surface area contributed by atoms with E-state index in [2.05, 4.69) is 30.8 Å². The maximum absolute atomic E-state index is 11.6. The number of ether oxygens (including phenoxy) is 1. The van der Waals surface area contributed by atoms with Gasteiger partial charge in [-0.1, -0.05) is 25.9 Å². The second kappa shape index (κ2) is 16.8. The summed E-state index contributed by atoms with van der Waals surface area (Å²) in [5, 5.41) is 41.2. The number of nitrogens with zero attached hydrogens (tertiary/aromatic N) is 5. The van der Waals surface area contributed by atoms with Gasteiger partial charge in [-0.15, -0.1) is 0 Å². The predicted molar refractivity (Wildman–Crippen MR) is 156 cm³/mol. The average Bonchev–Trinajstić information content (AvgIpc) is 2.92. The monoisotopic (exact) mass is 599 g/mol. The van der Waals surface area contributed by atoms with Crippen molar-refractivity contribution in [3.8, 4) is 0 Å². The molecule has 3 aliphatic rings. The molecule has 0 bridgehead atoms. The number of aromatic carboxylic acids is 1. The van der Waals surface area contributed by atoms with Crippen LogP contribution < -0.4 is 0 Å². The summed E-state index contributed by atoms with van der Waals surface area (Å²) >= 11 is 0. The standard InChI is InChI=1S/C12H13NO4.C7H5NO4.C5H9N3.C5H10O/c1-8-6-11(7-8)17-12(14)9-2-4-10(5-3-9)13(15)16;9-7(10)5-1-3-6(4-2-5)8(11)12;1-4-2-5(3-4)7-8-6;1-4-2-5(6)3-4/h2-5,8,11H,6-7H2,1H3;1-4H,(H,9,10);4-5H,2-3H2,1H3;4-6H,2-3H2,1H3. The number of carbonyl (C=O) groups excluding carboxylic acids is 1. The molecular formula is C29H37N5O9. The molecule has 2 N–H and O–H groups in total. The van der Waals surface area contributed by atoms with Crippen molar-refractivity contribution in [2.75, 3.05) is 0 Å². The van der Waals surface area contributed by atoms with Gasteiger partial charge < -0.3 is 14.9 Å². The molecule has 0 atom stereocenters. The minimum atomic E-state index is -1.09. The van der Waals surface area contributed by atoms with Gasteiger partial charge in [-0.3, -0.25) is 20.2 Å². The Balaban J connectivity index is 0.000000216. The fourth-order valence-corrected chi connectivity index (χ4v) is 4.48. The van der Waals surface area contributed by atoms with E-state index in [1.807, 2.05) is 0 Å². The molecule has 0 radical (unpaired) electrons. The number of non-ortho nitro benzene ring substituents is 2. The lowest BCUT2D eigenvalue weighted by Crippen LogP contribution is -2.31. The van der Waals surface area contributed by atoms with Crippen LogP contribution in [0.4, 0.5) is 11.4 Å². The van der Waals surface area contributed by atoms with Crippen molar-refractivity contribution in [2.24, 2.45) is 22.9 Å². The highest BCUT2D eigenvalue weighted by molar-refractivity contribution is 5.89. The lowest BCUT2D eigenvalue weighted by Gasteiger charge is -2.31. The van der Waals surface area contributed by atoms with Crippen LogP contribution in [0.1, 0.15) is 80.0 Å². The normalized spacial score (nSPS) is 24.4. The summed E-state index contributed by atoms with van der Waals surface area (Å²) in [6, 6.07) is 10.5. The summed E-state index contributed by atoms with van der Waals surface area (Å²) in [7, 11) is 0. The first-order chi connectivity index (χ1) is 20.3. The number of aliphatic hydroxyl groups is 1. The zero-order chi connectivity index (χ0) is 32.1. The third-order valence-electron chi connectivity index (χ3n) is 7.16. The molecular weight excluding hydrogens is 562 g/mol. The zero-order valence-corrected chi connectivity index (χ0v) is 24.3. The van der Waals surface area contributed by atoms with Gasteiger partial charge in [-0.25, -0.2) is 9.59 Å². The molecule has 2 aromatic carbocycles. The Hall–Kier alpha value is -4.55. The Morgan fingerprint density at radius 3 is 1.53 bits per heavy atom. The minimum absolute atomic E-state index is 0.00712. The van der Waals surface area contributed by atoms with Gasteiger partial charge in [0.25, 0.3) is 11.4 Å². The maximum Gasteiger partial charge on any atom is 0.338 e. The van der Waals surface area contributed by atoms with Crippen LogP contribution in [-0.4, -0.2) is 50.2 Å². The van der Waals surface area contributed by atoms with Crippen LogP contribution in [0.3, 0.4) is 0 Å². The number of esters is 1. The Labute approximate surface area is 248 Å². The van der Waals surface area contributed by atoms with Crippen LogP contribution in [0.5, 0.6) is 0 Å². The lowest BCUT2D eigenvalue weighted by atomic mass is 9.83. The fraction of sp³-hybridized carbons (Fsp3) is 0.517. The molecule has 3 aliphatic carbocycles. The van der Waals surface area contributed by atoms with E-state index < -0.39 is 21.8 Å². The Bertz CT molecular complexity index is 1240. The molecule has 232 valence electrons. The number of nitro groups is 2. The number of nitro benzene ring substituents is 2. The van der Waals surface area contributed by atoms with Gasteiger partial charge in [-0.2, -0.15) is 0 Å². The van der Waals surface area contributed by atoms with Crippen LogP contribution in [0, 0.1) is 38.0 Å². The summed E-state index contributed by atoms with van der Waals surface area (Å²) in [5.74, 6) is 0.692. The van der Waals surface area contributed by atoms with Gasteiger partial charge >= 0.3 is 11.9 Å². The molecule has 14 heteroatoms. The molecule has 0 aliphatic heterocycles. The van der Waals surface area contributed by atoms with E-state index in [1.54, 1.807) is 0 Å². The van der Waals surface area contributed by atoms with E-state index in [1.165, 1.54) is 36.4 Å². The van der Waals surface area contributed by atoms with Gasteiger partial charge in [0.05, 0.1) is 27.1 Å².